The molecule has 0 unspecified atom stereocenters. The number of nitrogens with two attached hydrogens (primary N) is 1. The van der Waals surface area contributed by atoms with Crippen LogP contribution in [0.1, 0.15) is 66.7 Å². The third kappa shape index (κ3) is 13.4. The van der Waals surface area contributed by atoms with Crippen LogP contribution in [0.4, 0.5) is 0 Å². The Hall–Kier alpha value is -0.0400. The van der Waals surface area contributed by atoms with Crippen molar-refractivity contribution in [3.63, 3.8) is 0 Å². The molecule has 0 fully saturated rings. The summed E-state index contributed by atoms with van der Waals surface area (Å²) in [5.41, 5.74) is 5.85. The summed E-state index contributed by atoms with van der Waals surface area (Å²) in [4.78, 5) is 6.88. The van der Waals surface area contributed by atoms with Gasteiger partial charge < -0.3 is 11.1 Å². The van der Waals surface area contributed by atoms with Gasteiger partial charge in [0.2, 0.25) is 0 Å². The van der Waals surface area contributed by atoms with E-state index in [1.54, 1.807) is 0 Å². The fraction of sp³-hybridized carbons (Fsp3) is 0.938. The first-order valence-corrected chi connectivity index (χ1v) is 8.28. The first-order chi connectivity index (χ1) is 9.49. The van der Waals surface area contributed by atoms with Crippen molar-refractivity contribution < 1.29 is 0 Å². The third-order valence-corrected chi connectivity index (χ3v) is 3.52. The van der Waals surface area contributed by atoms with Crippen molar-refractivity contribution in [3.8, 4) is 0 Å². The molecule has 0 radical (unpaired) electrons. The fourth-order valence-corrected chi connectivity index (χ4v) is 2.39. The number of halogens is 1. The molecule has 4 nitrogen and oxygen atoms in total. The highest BCUT2D eigenvalue weighted by atomic mass is 127. The fourth-order valence-electron chi connectivity index (χ4n) is 2.39. The van der Waals surface area contributed by atoms with Crippen molar-refractivity contribution in [1.29, 1.82) is 0 Å². The average molecular weight is 412 g/mol. The second-order valence-corrected chi connectivity index (χ2v) is 6.03. The number of nitrogens with zero attached hydrogens (tertiary/aromatic N) is 2. The van der Waals surface area contributed by atoms with Gasteiger partial charge in [0, 0.05) is 31.7 Å². The van der Waals surface area contributed by atoms with E-state index in [9.17, 15) is 0 Å². The first kappa shape index (κ1) is 23.2. The van der Waals surface area contributed by atoms with Crippen molar-refractivity contribution in [2.45, 2.75) is 78.8 Å². The maximum absolute atomic E-state index is 5.85. The van der Waals surface area contributed by atoms with E-state index in [1.165, 1.54) is 25.7 Å². The first-order valence-electron chi connectivity index (χ1n) is 8.28. The Morgan fingerprint density at radius 3 is 2.19 bits per heavy atom. The van der Waals surface area contributed by atoms with Crippen LogP contribution in [0.25, 0.3) is 0 Å². The molecule has 0 aliphatic heterocycles. The molecule has 0 rings (SSSR count). The van der Waals surface area contributed by atoms with Crippen LogP contribution in [0.5, 0.6) is 0 Å². The van der Waals surface area contributed by atoms with Crippen LogP contribution in [0, 0.1) is 0 Å². The maximum Gasteiger partial charge on any atom is 0.188 e. The lowest BCUT2D eigenvalue weighted by atomic mass is 10.2. The van der Waals surface area contributed by atoms with Crippen LogP contribution in [0.3, 0.4) is 0 Å². The Morgan fingerprint density at radius 1 is 1.05 bits per heavy atom. The lowest BCUT2D eigenvalue weighted by Gasteiger charge is -2.30. The van der Waals surface area contributed by atoms with Crippen molar-refractivity contribution in [2.24, 2.45) is 10.7 Å². The van der Waals surface area contributed by atoms with Gasteiger partial charge in [-0.15, -0.1) is 24.0 Å². The molecule has 0 aliphatic rings. The molecule has 0 heterocycles. The van der Waals surface area contributed by atoms with Gasteiger partial charge in [-0.25, -0.2) is 0 Å². The quantitative estimate of drug-likeness (QED) is 0.236. The Kier molecular flexibility index (Phi) is 16.5. The summed E-state index contributed by atoms with van der Waals surface area (Å²) in [6.45, 7) is 14.0. The zero-order chi connectivity index (χ0) is 15.4. The standard InChI is InChI=1S/C16H36N4.HI/c1-6-7-8-9-11-18-16(17)19-12-10-13-20(14(2)3)15(4)5;/h14-15H,6-13H2,1-5H3,(H3,17,18,19);1H. The molecule has 0 bridgehead atoms. The zero-order valence-corrected chi connectivity index (χ0v) is 17.0. The highest BCUT2D eigenvalue weighted by Gasteiger charge is 2.11. The van der Waals surface area contributed by atoms with Gasteiger partial charge in [-0.2, -0.15) is 0 Å². The lowest BCUT2D eigenvalue weighted by molar-refractivity contribution is 0.174. The maximum atomic E-state index is 5.85. The van der Waals surface area contributed by atoms with E-state index < -0.39 is 0 Å². The normalized spacial score (nSPS) is 12.1. The molecule has 0 atom stereocenters. The molecule has 0 saturated carbocycles. The Bertz CT molecular complexity index is 247. The van der Waals surface area contributed by atoms with Gasteiger partial charge in [-0.05, 0) is 40.5 Å². The van der Waals surface area contributed by atoms with E-state index >= 15 is 0 Å². The van der Waals surface area contributed by atoms with Crippen LogP contribution in [0.2, 0.25) is 0 Å². The minimum atomic E-state index is 0. The van der Waals surface area contributed by atoms with E-state index in [2.05, 4.69) is 49.8 Å². The van der Waals surface area contributed by atoms with Crippen LogP contribution in [0.15, 0.2) is 4.99 Å². The molecule has 21 heavy (non-hydrogen) atoms. The average Bonchev–Trinajstić information content (AvgIpc) is 2.37. The summed E-state index contributed by atoms with van der Waals surface area (Å²) >= 11 is 0. The molecule has 0 aromatic heterocycles. The molecule has 0 aromatic rings. The van der Waals surface area contributed by atoms with Crippen molar-refractivity contribution in [2.75, 3.05) is 19.6 Å². The minimum Gasteiger partial charge on any atom is -0.370 e. The zero-order valence-electron chi connectivity index (χ0n) is 14.7. The summed E-state index contributed by atoms with van der Waals surface area (Å²) < 4.78 is 0. The van der Waals surface area contributed by atoms with Crippen molar-refractivity contribution in [3.05, 3.63) is 0 Å². The topological polar surface area (TPSA) is 53.6 Å². The summed E-state index contributed by atoms with van der Waals surface area (Å²) in [7, 11) is 0. The van der Waals surface area contributed by atoms with Crippen LogP contribution in [-0.2, 0) is 0 Å². The van der Waals surface area contributed by atoms with Gasteiger partial charge >= 0.3 is 0 Å². The van der Waals surface area contributed by atoms with E-state index in [4.69, 9.17) is 5.73 Å². The number of rotatable bonds is 11. The van der Waals surface area contributed by atoms with Gasteiger partial charge in [0.25, 0.3) is 0 Å². The summed E-state index contributed by atoms with van der Waals surface area (Å²) in [5.74, 6) is 0.599. The third-order valence-electron chi connectivity index (χ3n) is 3.52. The summed E-state index contributed by atoms with van der Waals surface area (Å²) in [6.07, 6.45) is 6.09. The van der Waals surface area contributed by atoms with E-state index in [0.29, 0.717) is 18.0 Å². The smallest absolute Gasteiger partial charge is 0.188 e. The van der Waals surface area contributed by atoms with E-state index in [0.717, 1.165) is 26.1 Å². The number of nitrogens with one attached hydrogen (secondary N) is 1. The molecular weight excluding hydrogens is 375 g/mol. The Morgan fingerprint density at radius 2 is 1.67 bits per heavy atom. The molecule has 0 amide bonds. The summed E-state index contributed by atoms with van der Waals surface area (Å²) in [6, 6.07) is 1.18. The van der Waals surface area contributed by atoms with Gasteiger partial charge in [-0.1, -0.05) is 26.2 Å². The Balaban J connectivity index is 0. The number of aliphatic imine (C=N–C) groups is 1. The lowest BCUT2D eigenvalue weighted by Crippen LogP contribution is -2.38. The summed E-state index contributed by atoms with van der Waals surface area (Å²) in [5, 5.41) is 3.19. The molecular formula is C16H37IN4. The van der Waals surface area contributed by atoms with Crippen LogP contribution < -0.4 is 11.1 Å². The number of guanidine groups is 1. The second kappa shape index (κ2) is 14.9. The molecule has 0 spiro atoms. The molecule has 5 heteroatoms. The number of hydrogen-bond donors (Lipinski definition) is 2. The number of unbranched alkanes of at least 4 members (excludes halogenated alkanes) is 3. The molecule has 0 aromatic carbocycles. The van der Waals surface area contributed by atoms with Crippen molar-refractivity contribution in [1.82, 2.24) is 10.2 Å². The van der Waals surface area contributed by atoms with Gasteiger partial charge in [0.1, 0.15) is 0 Å². The monoisotopic (exact) mass is 412 g/mol. The second-order valence-electron chi connectivity index (χ2n) is 6.03. The predicted molar refractivity (Wildman–Crippen MR) is 106 cm³/mol. The SMILES string of the molecule is CCCCCCNC(N)=NCCCN(C(C)C)C(C)C.I. The largest absolute Gasteiger partial charge is 0.370 e. The molecule has 0 saturated heterocycles. The highest BCUT2D eigenvalue weighted by Crippen LogP contribution is 2.05. The van der Waals surface area contributed by atoms with Crippen LogP contribution in [-0.4, -0.2) is 42.6 Å². The van der Waals surface area contributed by atoms with E-state index in [1.807, 2.05) is 0 Å². The highest BCUT2D eigenvalue weighted by molar-refractivity contribution is 14.0. The van der Waals surface area contributed by atoms with Gasteiger partial charge in [-0.3, -0.25) is 9.89 Å². The molecule has 3 N–H and O–H groups in total. The van der Waals surface area contributed by atoms with E-state index in [-0.39, 0.29) is 24.0 Å². The predicted octanol–water partition coefficient (Wildman–Crippen LogP) is 3.60. The number of hydrogen-bond acceptors (Lipinski definition) is 2. The van der Waals surface area contributed by atoms with Gasteiger partial charge in [0.15, 0.2) is 5.96 Å². The van der Waals surface area contributed by atoms with Crippen LogP contribution >= 0.6 is 24.0 Å². The van der Waals surface area contributed by atoms with Gasteiger partial charge in [0.05, 0.1) is 0 Å². The molecule has 0 aliphatic carbocycles. The van der Waals surface area contributed by atoms with Crippen molar-refractivity contribution >= 4 is 29.9 Å². The Labute approximate surface area is 149 Å². The minimum absolute atomic E-state index is 0. The molecule has 128 valence electrons.